The summed E-state index contributed by atoms with van der Waals surface area (Å²) in [4.78, 5) is 16.5. The molecule has 2 aromatic rings. The van der Waals surface area contributed by atoms with Crippen LogP contribution in [0.25, 0.3) is 6.08 Å². The smallest absolute Gasteiger partial charge is 0.254 e. The summed E-state index contributed by atoms with van der Waals surface area (Å²) in [5.41, 5.74) is 4.82. The van der Waals surface area contributed by atoms with Gasteiger partial charge in [0.05, 0.1) is 6.54 Å². The molecule has 6 heteroatoms. The van der Waals surface area contributed by atoms with Crippen molar-refractivity contribution in [3.05, 3.63) is 76.8 Å². The van der Waals surface area contributed by atoms with Gasteiger partial charge < -0.3 is 0 Å². The second-order valence-electron chi connectivity index (χ2n) is 6.73. The van der Waals surface area contributed by atoms with Crippen LogP contribution >= 0.6 is 11.6 Å². The van der Waals surface area contributed by atoms with Crippen molar-refractivity contribution in [3.63, 3.8) is 0 Å². The molecular weight excluding hydrogens is 372 g/mol. The second kappa shape index (κ2) is 10.8. The molecule has 1 heterocycles. The highest BCUT2D eigenvalue weighted by molar-refractivity contribution is 6.31. The summed E-state index contributed by atoms with van der Waals surface area (Å²) >= 11 is 6.24. The van der Waals surface area contributed by atoms with E-state index in [2.05, 4.69) is 26.4 Å². The monoisotopic (exact) mass is 396 g/mol. The summed E-state index contributed by atoms with van der Waals surface area (Å²) in [5.74, 6) is -0.0936. The molecule has 0 radical (unpaired) electrons. The molecule has 28 heavy (non-hydrogen) atoms. The molecule has 0 unspecified atom stereocenters. The van der Waals surface area contributed by atoms with E-state index < -0.39 is 0 Å². The first-order chi connectivity index (χ1) is 13.7. The van der Waals surface area contributed by atoms with E-state index in [9.17, 15) is 4.79 Å². The molecule has 1 fully saturated rings. The number of nitrogens with zero attached hydrogens (tertiary/aromatic N) is 3. The molecule has 0 atom stereocenters. The zero-order valence-electron chi connectivity index (χ0n) is 15.8. The Hall–Kier alpha value is -2.47. The molecule has 3 rings (SSSR count). The standard InChI is InChI=1S/C22H25ClN4O/c23-21-11-5-4-10-20(21)17-26-13-15-27(16-14-26)18-22(28)25-24-12-6-9-19-7-2-1-3-8-19/h1-12H,13-18H2,(H,25,28)/b9-6+,24-12+. The number of carbonyl (C=O) groups excluding carboxylic acids is 1. The summed E-state index contributed by atoms with van der Waals surface area (Å²) in [6.07, 6.45) is 5.34. The third kappa shape index (κ3) is 6.60. The van der Waals surface area contributed by atoms with Gasteiger partial charge in [-0.25, -0.2) is 5.43 Å². The van der Waals surface area contributed by atoms with E-state index in [1.807, 2.05) is 60.7 Å². The maximum absolute atomic E-state index is 12.0. The lowest BCUT2D eigenvalue weighted by molar-refractivity contribution is -0.122. The van der Waals surface area contributed by atoms with Crippen molar-refractivity contribution in [2.75, 3.05) is 32.7 Å². The van der Waals surface area contributed by atoms with Crippen LogP contribution in [0, 0.1) is 0 Å². The molecular formula is C22H25ClN4O. The molecule has 146 valence electrons. The minimum atomic E-state index is -0.0936. The summed E-state index contributed by atoms with van der Waals surface area (Å²) < 4.78 is 0. The van der Waals surface area contributed by atoms with Gasteiger partial charge >= 0.3 is 0 Å². The van der Waals surface area contributed by atoms with Crippen LogP contribution in [0.1, 0.15) is 11.1 Å². The van der Waals surface area contributed by atoms with Gasteiger partial charge in [-0.05, 0) is 23.3 Å². The minimum Gasteiger partial charge on any atom is -0.296 e. The molecule has 0 spiro atoms. The molecule has 1 aliphatic rings. The van der Waals surface area contributed by atoms with Gasteiger partial charge in [0.1, 0.15) is 0 Å². The van der Waals surface area contributed by atoms with Gasteiger partial charge in [0.2, 0.25) is 0 Å². The molecule has 1 aliphatic heterocycles. The van der Waals surface area contributed by atoms with E-state index in [4.69, 9.17) is 11.6 Å². The fourth-order valence-electron chi connectivity index (χ4n) is 3.08. The van der Waals surface area contributed by atoms with Gasteiger partial charge in [0, 0.05) is 44.0 Å². The number of nitrogens with one attached hydrogen (secondary N) is 1. The third-order valence-electron chi connectivity index (χ3n) is 4.62. The van der Waals surface area contributed by atoms with Gasteiger partial charge in [-0.3, -0.25) is 14.6 Å². The maximum atomic E-state index is 12.0. The average Bonchev–Trinajstić information content (AvgIpc) is 2.72. The first kappa shape index (κ1) is 20.3. The molecule has 0 bridgehead atoms. The fourth-order valence-corrected chi connectivity index (χ4v) is 3.28. The number of rotatable bonds is 7. The molecule has 1 amide bonds. The quantitative estimate of drug-likeness (QED) is 0.577. The van der Waals surface area contributed by atoms with Crippen LogP contribution in [0.15, 0.2) is 65.8 Å². The topological polar surface area (TPSA) is 47.9 Å². The normalized spacial score (nSPS) is 16.0. The van der Waals surface area contributed by atoms with Gasteiger partial charge in [0.25, 0.3) is 5.91 Å². The Morgan fingerprint density at radius 1 is 1.00 bits per heavy atom. The van der Waals surface area contributed by atoms with Crippen molar-refractivity contribution in [2.24, 2.45) is 5.10 Å². The second-order valence-corrected chi connectivity index (χ2v) is 7.13. The largest absolute Gasteiger partial charge is 0.296 e. The van der Waals surface area contributed by atoms with Crippen molar-refractivity contribution in [1.82, 2.24) is 15.2 Å². The average molecular weight is 397 g/mol. The predicted octanol–water partition coefficient (Wildman–Crippen LogP) is 3.27. The Morgan fingerprint density at radius 3 is 2.43 bits per heavy atom. The van der Waals surface area contributed by atoms with Gasteiger partial charge in [-0.1, -0.05) is 66.2 Å². The number of benzene rings is 2. The number of halogens is 1. The molecule has 5 nitrogen and oxygen atoms in total. The van der Waals surface area contributed by atoms with Crippen molar-refractivity contribution >= 4 is 29.8 Å². The Morgan fingerprint density at radius 2 is 1.68 bits per heavy atom. The molecule has 1 N–H and O–H groups in total. The first-order valence-electron chi connectivity index (χ1n) is 9.42. The number of hydrogen-bond donors (Lipinski definition) is 1. The number of allylic oxidation sites excluding steroid dienone is 1. The van der Waals surface area contributed by atoms with Crippen LogP contribution < -0.4 is 5.43 Å². The van der Waals surface area contributed by atoms with E-state index in [0.29, 0.717) is 6.54 Å². The van der Waals surface area contributed by atoms with Crippen molar-refractivity contribution in [3.8, 4) is 0 Å². The molecule has 1 saturated heterocycles. The van der Waals surface area contributed by atoms with E-state index in [0.717, 1.165) is 48.9 Å². The van der Waals surface area contributed by atoms with Crippen molar-refractivity contribution < 1.29 is 4.79 Å². The van der Waals surface area contributed by atoms with E-state index in [1.165, 1.54) is 0 Å². The van der Waals surface area contributed by atoms with Crippen LogP contribution in [0.2, 0.25) is 5.02 Å². The highest BCUT2D eigenvalue weighted by Gasteiger charge is 2.19. The molecule has 0 aliphatic carbocycles. The van der Waals surface area contributed by atoms with Crippen molar-refractivity contribution in [1.29, 1.82) is 0 Å². The van der Waals surface area contributed by atoms with Crippen LogP contribution in [0.5, 0.6) is 0 Å². The lowest BCUT2D eigenvalue weighted by Gasteiger charge is -2.34. The van der Waals surface area contributed by atoms with Gasteiger partial charge in [-0.2, -0.15) is 5.10 Å². The lowest BCUT2D eigenvalue weighted by Crippen LogP contribution is -2.48. The summed E-state index contributed by atoms with van der Waals surface area (Å²) in [5, 5.41) is 4.78. The summed E-state index contributed by atoms with van der Waals surface area (Å²) in [7, 11) is 0. The summed E-state index contributed by atoms with van der Waals surface area (Å²) in [6.45, 7) is 4.76. The Kier molecular flexibility index (Phi) is 7.79. The number of hydrogen-bond acceptors (Lipinski definition) is 4. The van der Waals surface area contributed by atoms with Crippen LogP contribution in [-0.2, 0) is 11.3 Å². The minimum absolute atomic E-state index is 0.0936. The van der Waals surface area contributed by atoms with E-state index in [1.54, 1.807) is 6.21 Å². The highest BCUT2D eigenvalue weighted by atomic mass is 35.5. The number of hydrazone groups is 1. The van der Waals surface area contributed by atoms with E-state index in [-0.39, 0.29) is 5.91 Å². The van der Waals surface area contributed by atoms with Gasteiger partial charge in [0.15, 0.2) is 0 Å². The zero-order chi connectivity index (χ0) is 19.6. The maximum Gasteiger partial charge on any atom is 0.254 e. The number of amides is 1. The SMILES string of the molecule is O=C(CN1CCN(Cc2ccccc2Cl)CC1)N/N=C/C=C/c1ccccc1. The number of carbonyl (C=O) groups is 1. The molecule has 0 aromatic heterocycles. The Balaban J connectivity index is 1.35. The summed E-state index contributed by atoms with van der Waals surface area (Å²) in [6, 6.07) is 17.9. The molecule has 0 saturated carbocycles. The number of piperazine rings is 1. The fraction of sp³-hybridized carbons (Fsp3) is 0.273. The first-order valence-corrected chi connectivity index (χ1v) is 9.80. The zero-order valence-corrected chi connectivity index (χ0v) is 16.6. The predicted molar refractivity (Wildman–Crippen MR) is 115 cm³/mol. The van der Waals surface area contributed by atoms with Gasteiger partial charge in [-0.15, -0.1) is 0 Å². The van der Waals surface area contributed by atoms with Crippen LogP contribution in [0.4, 0.5) is 0 Å². The van der Waals surface area contributed by atoms with Crippen molar-refractivity contribution in [2.45, 2.75) is 6.54 Å². The Bertz CT molecular complexity index is 814. The lowest BCUT2D eigenvalue weighted by atomic mass is 10.2. The van der Waals surface area contributed by atoms with Crippen LogP contribution in [-0.4, -0.2) is 54.6 Å². The van der Waals surface area contributed by atoms with E-state index >= 15 is 0 Å². The van der Waals surface area contributed by atoms with Crippen LogP contribution in [0.3, 0.4) is 0 Å². The molecule has 2 aromatic carbocycles. The third-order valence-corrected chi connectivity index (χ3v) is 4.99. The Labute approximate surface area is 171 Å². The highest BCUT2D eigenvalue weighted by Crippen LogP contribution is 2.17.